The molecule has 28 heavy (non-hydrogen) atoms. The van der Waals surface area contributed by atoms with Crippen LogP contribution in [0.5, 0.6) is 0 Å². The van der Waals surface area contributed by atoms with E-state index >= 15 is 0 Å². The molecule has 1 saturated heterocycles. The van der Waals surface area contributed by atoms with Gasteiger partial charge in [0, 0.05) is 23.6 Å². The zero-order valence-corrected chi connectivity index (χ0v) is 18.1. The van der Waals surface area contributed by atoms with E-state index in [1.807, 2.05) is 0 Å². The molecule has 1 aromatic rings. The molecule has 0 unspecified atom stereocenters. The van der Waals surface area contributed by atoms with Crippen LogP contribution in [0.1, 0.15) is 55.3 Å². The van der Waals surface area contributed by atoms with E-state index in [4.69, 9.17) is 4.74 Å². The van der Waals surface area contributed by atoms with Gasteiger partial charge in [-0.1, -0.05) is 19.3 Å². The molecule has 1 aromatic carbocycles. The van der Waals surface area contributed by atoms with Crippen molar-refractivity contribution in [1.29, 1.82) is 0 Å². The van der Waals surface area contributed by atoms with Crippen LogP contribution in [0.25, 0.3) is 0 Å². The third kappa shape index (κ3) is 5.78. The molecule has 0 radical (unpaired) electrons. The van der Waals surface area contributed by atoms with Crippen LogP contribution in [0.3, 0.4) is 0 Å². The molecule has 0 spiro atoms. The maximum atomic E-state index is 12.5. The summed E-state index contributed by atoms with van der Waals surface area (Å²) in [7, 11) is -3.68. The lowest BCUT2D eigenvalue weighted by Crippen LogP contribution is -2.37. The summed E-state index contributed by atoms with van der Waals surface area (Å²) in [5.74, 6) is -0.943. The van der Waals surface area contributed by atoms with E-state index in [1.54, 1.807) is 4.90 Å². The minimum atomic E-state index is -3.68. The van der Waals surface area contributed by atoms with Gasteiger partial charge in [0.1, 0.15) is 0 Å². The first kappa shape index (κ1) is 21.3. The monoisotopic (exact) mass is 472 g/mol. The molecule has 0 aromatic heterocycles. The number of nitrogens with one attached hydrogen (secondary N) is 1. The fourth-order valence-electron chi connectivity index (χ4n) is 3.11. The Bertz CT molecular complexity index is 831. The zero-order valence-electron chi connectivity index (χ0n) is 15.7. The average molecular weight is 473 g/mol. The molecule has 0 bridgehead atoms. The number of carbonyl (C=O) groups excluding carboxylic acids is 2. The number of nitrogens with zero attached hydrogens (tertiary/aromatic N) is 1. The van der Waals surface area contributed by atoms with E-state index in [0.717, 1.165) is 38.5 Å². The minimum absolute atomic E-state index is 0.00430. The number of hydrogen-bond acceptors (Lipinski definition) is 5. The first-order chi connectivity index (χ1) is 13.4. The highest BCUT2D eigenvalue weighted by molar-refractivity contribution is 9.10. The highest BCUT2D eigenvalue weighted by Gasteiger charge is 2.29. The lowest BCUT2D eigenvalue weighted by molar-refractivity contribution is -0.134. The molecule has 2 aliphatic rings. The van der Waals surface area contributed by atoms with Gasteiger partial charge in [-0.2, -0.15) is 0 Å². The van der Waals surface area contributed by atoms with Crippen LogP contribution in [0, 0.1) is 0 Å². The number of ether oxygens (including phenoxy) is 1. The summed E-state index contributed by atoms with van der Waals surface area (Å²) in [4.78, 5) is 26.6. The SMILES string of the molecule is O=C(OCC(=O)N1CCCCCCC1)c1cc(S(=O)(=O)NC2CC2)ccc1Br. The van der Waals surface area contributed by atoms with Crippen LogP contribution in [0.15, 0.2) is 27.6 Å². The van der Waals surface area contributed by atoms with E-state index in [1.165, 1.54) is 24.6 Å². The Kier molecular flexibility index (Phi) is 7.11. The van der Waals surface area contributed by atoms with Crippen molar-refractivity contribution in [2.75, 3.05) is 19.7 Å². The summed E-state index contributed by atoms with van der Waals surface area (Å²) in [5.41, 5.74) is 0.0825. The van der Waals surface area contributed by atoms with Crippen molar-refractivity contribution in [2.24, 2.45) is 0 Å². The zero-order chi connectivity index (χ0) is 20.1. The predicted octanol–water partition coefficient (Wildman–Crippen LogP) is 2.84. The molecule has 154 valence electrons. The quantitative estimate of drug-likeness (QED) is 0.642. The van der Waals surface area contributed by atoms with Crippen molar-refractivity contribution in [3.8, 4) is 0 Å². The summed E-state index contributed by atoms with van der Waals surface area (Å²) >= 11 is 3.25. The van der Waals surface area contributed by atoms with E-state index in [-0.39, 0.29) is 29.0 Å². The third-order valence-corrected chi connectivity index (χ3v) is 7.11. The second-order valence-electron chi connectivity index (χ2n) is 7.26. The summed E-state index contributed by atoms with van der Waals surface area (Å²) < 4.78 is 32.9. The van der Waals surface area contributed by atoms with Gasteiger partial charge in [-0.25, -0.2) is 17.9 Å². The molecule has 0 atom stereocenters. The van der Waals surface area contributed by atoms with Crippen LogP contribution in [-0.4, -0.2) is 50.9 Å². The minimum Gasteiger partial charge on any atom is -0.452 e. The highest BCUT2D eigenvalue weighted by Crippen LogP contribution is 2.25. The number of esters is 1. The Labute approximate surface area is 174 Å². The van der Waals surface area contributed by atoms with E-state index in [9.17, 15) is 18.0 Å². The van der Waals surface area contributed by atoms with Gasteiger partial charge in [0.15, 0.2) is 6.61 Å². The number of likely N-dealkylation sites (tertiary alicyclic amines) is 1. The van der Waals surface area contributed by atoms with Gasteiger partial charge in [-0.15, -0.1) is 0 Å². The van der Waals surface area contributed by atoms with Crippen molar-refractivity contribution >= 4 is 37.8 Å². The smallest absolute Gasteiger partial charge is 0.339 e. The van der Waals surface area contributed by atoms with Crippen LogP contribution in [-0.2, 0) is 19.6 Å². The molecule has 1 heterocycles. The summed E-state index contributed by atoms with van der Waals surface area (Å²) in [5, 5.41) is 0. The fourth-order valence-corrected chi connectivity index (χ4v) is 4.85. The summed E-state index contributed by atoms with van der Waals surface area (Å²) in [6.07, 6.45) is 6.96. The van der Waals surface area contributed by atoms with Gasteiger partial charge >= 0.3 is 5.97 Å². The van der Waals surface area contributed by atoms with Crippen molar-refractivity contribution in [3.63, 3.8) is 0 Å². The number of carbonyl (C=O) groups is 2. The molecule has 1 amide bonds. The van der Waals surface area contributed by atoms with Gasteiger partial charge < -0.3 is 9.64 Å². The lowest BCUT2D eigenvalue weighted by Gasteiger charge is -2.24. The molecular weight excluding hydrogens is 448 g/mol. The van der Waals surface area contributed by atoms with Gasteiger partial charge in [0.2, 0.25) is 10.0 Å². The van der Waals surface area contributed by atoms with Crippen LogP contribution >= 0.6 is 15.9 Å². The predicted molar refractivity (Wildman–Crippen MR) is 107 cm³/mol. The first-order valence-corrected chi connectivity index (χ1v) is 11.9. The first-order valence-electron chi connectivity index (χ1n) is 9.63. The third-order valence-electron chi connectivity index (χ3n) is 4.90. The van der Waals surface area contributed by atoms with Crippen LogP contribution < -0.4 is 4.72 Å². The van der Waals surface area contributed by atoms with E-state index in [2.05, 4.69) is 20.7 Å². The average Bonchev–Trinajstić information content (AvgIpc) is 3.42. The fraction of sp³-hybridized carbons (Fsp3) is 0.579. The standard InChI is InChI=1S/C19H25BrN2O5S/c20-17-9-8-15(28(25,26)21-14-6-7-14)12-16(17)19(24)27-13-18(23)22-10-4-2-1-3-5-11-22/h8-9,12,14,21H,1-7,10-11,13H2. The molecule has 7 nitrogen and oxygen atoms in total. The van der Waals surface area contributed by atoms with Crippen molar-refractivity contribution < 1.29 is 22.7 Å². The number of hydrogen-bond donors (Lipinski definition) is 1. The Morgan fingerprint density at radius 1 is 1.11 bits per heavy atom. The number of rotatable bonds is 6. The lowest BCUT2D eigenvalue weighted by atomic mass is 10.1. The van der Waals surface area contributed by atoms with Gasteiger partial charge in [-0.3, -0.25) is 4.79 Å². The normalized spacial score (nSPS) is 18.2. The van der Waals surface area contributed by atoms with Crippen LogP contribution in [0.2, 0.25) is 0 Å². The van der Waals surface area contributed by atoms with Crippen molar-refractivity contribution in [3.05, 3.63) is 28.2 Å². The number of benzene rings is 1. The second-order valence-corrected chi connectivity index (χ2v) is 9.83. The van der Waals surface area contributed by atoms with Gasteiger partial charge in [-0.05, 0) is 59.8 Å². The molecule has 2 fully saturated rings. The Morgan fingerprint density at radius 3 is 2.39 bits per heavy atom. The Balaban J connectivity index is 1.63. The second kappa shape index (κ2) is 9.37. The maximum Gasteiger partial charge on any atom is 0.339 e. The largest absolute Gasteiger partial charge is 0.452 e. The molecular formula is C19H25BrN2O5S. The molecule has 1 N–H and O–H groups in total. The topological polar surface area (TPSA) is 92.8 Å². The highest BCUT2D eigenvalue weighted by atomic mass is 79.9. The molecule has 1 aliphatic carbocycles. The Morgan fingerprint density at radius 2 is 1.75 bits per heavy atom. The summed E-state index contributed by atoms with van der Waals surface area (Å²) in [6, 6.07) is 4.17. The number of halogens is 1. The van der Waals surface area contributed by atoms with Crippen molar-refractivity contribution in [2.45, 2.75) is 55.9 Å². The maximum absolute atomic E-state index is 12.5. The van der Waals surface area contributed by atoms with Gasteiger partial charge in [0.25, 0.3) is 5.91 Å². The number of amides is 1. The van der Waals surface area contributed by atoms with E-state index in [0.29, 0.717) is 17.6 Å². The molecule has 1 saturated carbocycles. The number of sulfonamides is 1. The van der Waals surface area contributed by atoms with Crippen molar-refractivity contribution in [1.82, 2.24) is 9.62 Å². The molecule has 3 rings (SSSR count). The van der Waals surface area contributed by atoms with Crippen LogP contribution in [0.4, 0.5) is 0 Å². The Hall–Kier alpha value is -1.45. The van der Waals surface area contributed by atoms with E-state index < -0.39 is 16.0 Å². The van der Waals surface area contributed by atoms with Gasteiger partial charge in [0.05, 0.1) is 10.5 Å². The molecule has 9 heteroatoms. The summed E-state index contributed by atoms with van der Waals surface area (Å²) in [6.45, 7) is 1.02. The molecule has 1 aliphatic heterocycles.